The number of carbonyl (C=O) groups is 3. The number of rotatable bonds is 12. The van der Waals surface area contributed by atoms with Crippen LogP contribution in [0.5, 0.6) is 5.75 Å². The normalized spacial score (nSPS) is 20.1. The molecule has 0 bridgehead atoms. The van der Waals surface area contributed by atoms with E-state index in [1.807, 2.05) is 0 Å². The Hall–Kier alpha value is -3.48. The zero-order valence-electron chi connectivity index (χ0n) is 24.4. The van der Waals surface area contributed by atoms with Gasteiger partial charge in [0.2, 0.25) is 21.8 Å². The maximum absolute atomic E-state index is 14.3. The number of carbonyl (C=O) groups excluding carboxylic acids is 3. The van der Waals surface area contributed by atoms with Gasteiger partial charge in [-0.1, -0.05) is 49.6 Å². The Morgan fingerprint density at radius 2 is 1.79 bits per heavy atom. The molecule has 0 unspecified atom stereocenters. The summed E-state index contributed by atoms with van der Waals surface area (Å²) in [4.78, 5) is 41.9. The van der Waals surface area contributed by atoms with Gasteiger partial charge in [-0.15, -0.1) is 0 Å². The second kappa shape index (κ2) is 14.8. The average Bonchev–Trinajstić information content (AvgIpc) is 3.45. The molecule has 1 aliphatic heterocycles. The van der Waals surface area contributed by atoms with Gasteiger partial charge in [-0.2, -0.15) is 4.31 Å². The third-order valence-electron chi connectivity index (χ3n) is 8.31. The van der Waals surface area contributed by atoms with Crippen LogP contribution < -0.4 is 5.32 Å². The highest BCUT2D eigenvalue weighted by Gasteiger charge is 2.48. The molecule has 2 aromatic rings. The molecule has 2 aromatic carbocycles. The molecule has 4 rings (SSSR count). The smallest absolute Gasteiger partial charge is 0.328 e. The number of amides is 2. The number of benzene rings is 2. The van der Waals surface area contributed by atoms with Gasteiger partial charge in [0.05, 0.1) is 18.4 Å². The fourth-order valence-corrected chi connectivity index (χ4v) is 7.87. The van der Waals surface area contributed by atoms with Crippen LogP contribution in [-0.4, -0.2) is 90.6 Å². The summed E-state index contributed by atoms with van der Waals surface area (Å²) in [7, 11) is -2.80. The Bertz CT molecular complexity index is 1360. The quantitative estimate of drug-likeness (QED) is 0.307. The highest BCUT2D eigenvalue weighted by Crippen LogP contribution is 2.32. The molecule has 1 aliphatic carbocycles. The standard InChI is InChI=1S/C31H41N3O8S/c1-42-31(39)27-20-24(34(16-9-17-35)43(40,41)26-14-6-3-7-15-26)21-33(27)30(38)29(23-11-4-2-5-12-23)32-28(37)19-22-10-8-13-25(36)18-22/h3,6-8,10,13-15,18,23-24,27,29,35-36H,2,4-5,9,11-12,16-17,19-21H2,1H3,(H,32,37)/t24-,27+,29+/m1/s1. The second-order valence-electron chi connectivity index (χ2n) is 11.2. The van der Waals surface area contributed by atoms with E-state index in [1.54, 1.807) is 30.3 Å². The molecule has 1 saturated carbocycles. The number of sulfonamides is 1. The van der Waals surface area contributed by atoms with Crippen LogP contribution in [0.25, 0.3) is 0 Å². The van der Waals surface area contributed by atoms with E-state index in [1.165, 1.54) is 40.6 Å². The van der Waals surface area contributed by atoms with Gasteiger partial charge in [0.25, 0.3) is 0 Å². The third-order valence-corrected chi connectivity index (χ3v) is 10.3. The van der Waals surface area contributed by atoms with Crippen molar-refractivity contribution in [2.75, 3.05) is 26.8 Å². The lowest BCUT2D eigenvalue weighted by molar-refractivity contribution is -0.152. The van der Waals surface area contributed by atoms with Crippen molar-refractivity contribution in [2.24, 2.45) is 5.92 Å². The number of likely N-dealkylation sites (tertiary alicyclic amines) is 1. The Morgan fingerprint density at radius 1 is 1.07 bits per heavy atom. The molecule has 2 amide bonds. The van der Waals surface area contributed by atoms with Crippen molar-refractivity contribution in [3.05, 3.63) is 60.2 Å². The van der Waals surface area contributed by atoms with Crippen LogP contribution in [-0.2, 0) is 35.6 Å². The minimum atomic E-state index is -4.02. The first-order valence-electron chi connectivity index (χ1n) is 14.8. The van der Waals surface area contributed by atoms with E-state index in [-0.39, 0.29) is 55.5 Å². The van der Waals surface area contributed by atoms with Crippen molar-refractivity contribution in [3.63, 3.8) is 0 Å². The van der Waals surface area contributed by atoms with Crippen molar-refractivity contribution < 1.29 is 37.8 Å². The zero-order valence-corrected chi connectivity index (χ0v) is 25.2. The number of esters is 1. The molecular formula is C31H41N3O8S. The average molecular weight is 616 g/mol. The largest absolute Gasteiger partial charge is 0.508 e. The van der Waals surface area contributed by atoms with Crippen LogP contribution in [0.2, 0.25) is 0 Å². The first-order valence-corrected chi connectivity index (χ1v) is 16.2. The highest BCUT2D eigenvalue weighted by molar-refractivity contribution is 7.89. The molecule has 2 aliphatic rings. The van der Waals surface area contributed by atoms with Crippen molar-refractivity contribution >= 4 is 27.8 Å². The Kier molecular flexibility index (Phi) is 11.2. The number of nitrogens with zero attached hydrogens (tertiary/aromatic N) is 2. The van der Waals surface area contributed by atoms with Crippen molar-refractivity contribution in [3.8, 4) is 5.75 Å². The number of aromatic hydroxyl groups is 1. The van der Waals surface area contributed by atoms with Gasteiger partial charge in [-0.25, -0.2) is 13.2 Å². The summed E-state index contributed by atoms with van der Waals surface area (Å²) in [6.45, 7) is -0.297. The van der Waals surface area contributed by atoms with E-state index in [4.69, 9.17) is 4.74 Å². The van der Waals surface area contributed by atoms with Crippen LogP contribution in [0.15, 0.2) is 59.5 Å². The van der Waals surface area contributed by atoms with Crippen LogP contribution >= 0.6 is 0 Å². The fourth-order valence-electron chi connectivity index (χ4n) is 6.18. The molecule has 3 atom stereocenters. The van der Waals surface area contributed by atoms with E-state index in [2.05, 4.69) is 5.32 Å². The molecule has 0 radical (unpaired) electrons. The summed E-state index contributed by atoms with van der Waals surface area (Å²) in [5, 5.41) is 22.2. The first-order chi connectivity index (χ1) is 20.6. The molecule has 43 heavy (non-hydrogen) atoms. The van der Waals surface area contributed by atoms with Gasteiger partial charge >= 0.3 is 5.97 Å². The predicted octanol–water partition coefficient (Wildman–Crippen LogP) is 2.22. The lowest BCUT2D eigenvalue weighted by Gasteiger charge is -2.34. The van der Waals surface area contributed by atoms with Crippen molar-refractivity contribution in [1.82, 2.24) is 14.5 Å². The summed E-state index contributed by atoms with van der Waals surface area (Å²) in [5.74, 6) is -1.62. The summed E-state index contributed by atoms with van der Waals surface area (Å²) in [6.07, 6.45) is 4.46. The monoisotopic (exact) mass is 615 g/mol. The summed E-state index contributed by atoms with van der Waals surface area (Å²) >= 11 is 0. The van der Waals surface area contributed by atoms with Crippen LogP contribution in [0.3, 0.4) is 0 Å². The molecular weight excluding hydrogens is 574 g/mol. The SMILES string of the molecule is COC(=O)[C@@H]1C[C@@H](N(CCCO)S(=O)(=O)c2ccccc2)CN1C(=O)[C@@H](NC(=O)Cc1cccc(O)c1)C1CCCCC1. The lowest BCUT2D eigenvalue weighted by Crippen LogP contribution is -2.55. The molecule has 234 valence electrons. The topological polar surface area (TPSA) is 154 Å². The number of methoxy groups -OCH3 is 1. The number of phenolic OH excluding ortho intramolecular Hbond substituents is 1. The van der Waals surface area contributed by atoms with Crippen molar-refractivity contribution in [2.45, 2.75) is 74.4 Å². The number of nitrogens with one attached hydrogen (secondary N) is 1. The Balaban J connectivity index is 1.62. The molecule has 0 aromatic heterocycles. The highest BCUT2D eigenvalue weighted by atomic mass is 32.2. The van der Waals surface area contributed by atoms with Gasteiger partial charge in [-0.05, 0) is 61.4 Å². The van der Waals surface area contributed by atoms with Crippen LogP contribution in [0.4, 0.5) is 0 Å². The number of ether oxygens (including phenoxy) is 1. The Labute approximate surface area is 252 Å². The zero-order chi connectivity index (χ0) is 31.0. The second-order valence-corrected chi connectivity index (χ2v) is 13.1. The summed E-state index contributed by atoms with van der Waals surface area (Å²) in [5.41, 5.74) is 0.590. The van der Waals surface area contributed by atoms with Crippen LogP contribution in [0, 0.1) is 5.92 Å². The summed E-state index contributed by atoms with van der Waals surface area (Å²) in [6, 6.07) is 11.6. The lowest BCUT2D eigenvalue weighted by atomic mass is 9.83. The molecule has 12 heteroatoms. The van der Waals surface area contributed by atoms with Crippen molar-refractivity contribution in [1.29, 1.82) is 0 Å². The molecule has 11 nitrogen and oxygen atoms in total. The van der Waals surface area contributed by atoms with E-state index < -0.39 is 45.9 Å². The molecule has 0 spiro atoms. The molecule has 1 heterocycles. The third kappa shape index (κ3) is 7.92. The fraction of sp³-hybridized carbons (Fsp3) is 0.516. The summed E-state index contributed by atoms with van der Waals surface area (Å²) < 4.78 is 33.7. The van der Waals surface area contributed by atoms with E-state index in [0.29, 0.717) is 5.56 Å². The van der Waals surface area contributed by atoms with E-state index in [9.17, 15) is 33.0 Å². The van der Waals surface area contributed by atoms with Gasteiger partial charge in [0.15, 0.2) is 0 Å². The maximum atomic E-state index is 14.3. The molecule has 1 saturated heterocycles. The van der Waals surface area contributed by atoms with Crippen LogP contribution in [0.1, 0.15) is 50.5 Å². The van der Waals surface area contributed by atoms with E-state index >= 15 is 0 Å². The first kappa shape index (κ1) is 32.4. The Morgan fingerprint density at radius 3 is 2.44 bits per heavy atom. The maximum Gasteiger partial charge on any atom is 0.328 e. The minimum absolute atomic E-state index is 0.00102. The van der Waals surface area contributed by atoms with Gasteiger partial charge in [0, 0.05) is 25.7 Å². The van der Waals surface area contributed by atoms with E-state index in [0.717, 1.165) is 32.1 Å². The number of hydrogen-bond donors (Lipinski definition) is 3. The number of phenols is 1. The molecule has 2 fully saturated rings. The number of hydrogen-bond acceptors (Lipinski definition) is 8. The predicted molar refractivity (Wildman–Crippen MR) is 158 cm³/mol. The van der Waals surface area contributed by atoms with Gasteiger partial charge < -0.3 is 25.2 Å². The number of aliphatic hydroxyl groups excluding tert-OH is 1. The molecule has 3 N–H and O–H groups in total. The number of aliphatic hydroxyl groups is 1. The van der Waals surface area contributed by atoms with Gasteiger partial charge in [-0.3, -0.25) is 9.59 Å². The van der Waals surface area contributed by atoms with Gasteiger partial charge in [0.1, 0.15) is 17.8 Å². The minimum Gasteiger partial charge on any atom is -0.508 e.